The molecule has 0 spiro atoms. The number of carbonyl (C=O) groups is 1. The Morgan fingerprint density at radius 2 is 1.87 bits per heavy atom. The van der Waals surface area contributed by atoms with Gasteiger partial charge in [-0.2, -0.15) is 0 Å². The lowest BCUT2D eigenvalue weighted by atomic mass is 9.96. The SMILES string of the molecule is CCOC(=O)C1=C(C)N=c2s/c(=C\c3ccc(OCc4ccccc4)c(Br)c3)c(=O)n2C1c1ccc(Cl)cc1. The van der Waals surface area contributed by atoms with Gasteiger partial charge in [0.15, 0.2) is 4.80 Å². The van der Waals surface area contributed by atoms with Crippen LogP contribution >= 0.6 is 38.9 Å². The molecule has 0 radical (unpaired) electrons. The summed E-state index contributed by atoms with van der Waals surface area (Å²) in [6.45, 7) is 4.17. The Hall–Kier alpha value is -3.46. The molecule has 1 aliphatic rings. The Bertz CT molecular complexity index is 1740. The molecule has 0 N–H and O–H groups in total. The van der Waals surface area contributed by atoms with Crippen LogP contribution in [0.25, 0.3) is 6.08 Å². The molecular weight excluding hydrogens is 600 g/mol. The number of carbonyl (C=O) groups excluding carboxylic acids is 1. The lowest BCUT2D eigenvalue weighted by Gasteiger charge is -2.24. The van der Waals surface area contributed by atoms with E-state index in [0.29, 0.717) is 38.0 Å². The summed E-state index contributed by atoms with van der Waals surface area (Å²) in [5.74, 6) is 0.206. The Kier molecular flexibility index (Phi) is 8.16. The van der Waals surface area contributed by atoms with Crippen LogP contribution in [0.2, 0.25) is 5.02 Å². The minimum absolute atomic E-state index is 0.216. The van der Waals surface area contributed by atoms with Gasteiger partial charge in [-0.3, -0.25) is 9.36 Å². The number of benzene rings is 3. The molecule has 2 heterocycles. The molecule has 6 nitrogen and oxygen atoms in total. The fraction of sp³-hybridized carbons (Fsp3) is 0.167. The zero-order chi connectivity index (χ0) is 27.5. The number of halogens is 2. The predicted molar refractivity (Wildman–Crippen MR) is 157 cm³/mol. The second-order valence-corrected chi connectivity index (χ2v) is 11.1. The molecule has 0 amide bonds. The smallest absolute Gasteiger partial charge is 0.338 e. The number of nitrogens with zero attached hydrogens (tertiary/aromatic N) is 2. The summed E-state index contributed by atoms with van der Waals surface area (Å²) in [6, 6.07) is 22.0. The van der Waals surface area contributed by atoms with E-state index in [-0.39, 0.29) is 12.2 Å². The molecule has 1 aliphatic heterocycles. The van der Waals surface area contributed by atoms with Crippen molar-refractivity contribution in [2.45, 2.75) is 26.5 Å². The third kappa shape index (κ3) is 5.78. The summed E-state index contributed by atoms with van der Waals surface area (Å²) in [6.07, 6.45) is 1.82. The van der Waals surface area contributed by atoms with Gasteiger partial charge in [0.25, 0.3) is 5.56 Å². The maximum absolute atomic E-state index is 13.8. The molecule has 3 aromatic carbocycles. The fourth-order valence-electron chi connectivity index (χ4n) is 4.36. The van der Waals surface area contributed by atoms with E-state index in [1.165, 1.54) is 11.3 Å². The minimum Gasteiger partial charge on any atom is -0.488 e. The highest BCUT2D eigenvalue weighted by atomic mass is 79.9. The molecule has 39 heavy (non-hydrogen) atoms. The number of hydrogen-bond acceptors (Lipinski definition) is 6. The maximum atomic E-state index is 13.8. The number of fused-ring (bicyclic) bond motifs is 1. The molecule has 9 heteroatoms. The number of rotatable bonds is 7. The van der Waals surface area contributed by atoms with Crippen molar-refractivity contribution in [2.75, 3.05) is 6.61 Å². The molecule has 0 saturated heterocycles. The first-order chi connectivity index (χ1) is 18.9. The van der Waals surface area contributed by atoms with E-state index >= 15 is 0 Å². The van der Waals surface area contributed by atoms with Crippen LogP contribution < -0.4 is 19.6 Å². The minimum atomic E-state index is -0.680. The van der Waals surface area contributed by atoms with Crippen LogP contribution in [0.1, 0.15) is 36.6 Å². The van der Waals surface area contributed by atoms with Gasteiger partial charge in [0, 0.05) is 5.02 Å². The normalized spacial score (nSPS) is 15.1. The maximum Gasteiger partial charge on any atom is 0.338 e. The van der Waals surface area contributed by atoms with Crippen molar-refractivity contribution in [3.63, 3.8) is 0 Å². The number of esters is 1. The second-order valence-electron chi connectivity index (χ2n) is 8.82. The van der Waals surface area contributed by atoms with E-state index in [0.717, 1.165) is 21.2 Å². The molecular formula is C30H24BrClN2O4S. The molecule has 0 fully saturated rings. The number of thiazole rings is 1. The first-order valence-electron chi connectivity index (χ1n) is 12.3. The third-order valence-corrected chi connectivity index (χ3v) is 8.05. The van der Waals surface area contributed by atoms with Gasteiger partial charge in [0.2, 0.25) is 0 Å². The monoisotopic (exact) mass is 622 g/mol. The van der Waals surface area contributed by atoms with Crippen molar-refractivity contribution in [2.24, 2.45) is 4.99 Å². The lowest BCUT2D eigenvalue weighted by Crippen LogP contribution is -2.39. The standard InChI is InChI=1S/C30H24BrClN2O4S/c1-3-37-29(36)26-18(2)33-30-34(27(26)21-10-12-22(32)13-11-21)28(35)25(39-30)16-20-9-14-24(23(31)15-20)38-17-19-7-5-4-6-8-19/h4-16,27H,3,17H2,1-2H3/b25-16-. The van der Waals surface area contributed by atoms with Crippen molar-refractivity contribution < 1.29 is 14.3 Å². The van der Waals surface area contributed by atoms with Crippen molar-refractivity contribution in [3.05, 3.63) is 130 Å². The van der Waals surface area contributed by atoms with Gasteiger partial charge in [0.1, 0.15) is 12.4 Å². The fourth-order valence-corrected chi connectivity index (χ4v) is 6.05. The van der Waals surface area contributed by atoms with E-state index in [9.17, 15) is 9.59 Å². The molecule has 198 valence electrons. The summed E-state index contributed by atoms with van der Waals surface area (Å²) in [5.41, 5.74) is 3.25. The molecule has 5 rings (SSSR count). The van der Waals surface area contributed by atoms with Crippen LogP contribution in [0.3, 0.4) is 0 Å². The van der Waals surface area contributed by atoms with Gasteiger partial charge >= 0.3 is 5.97 Å². The van der Waals surface area contributed by atoms with Crippen LogP contribution in [0.15, 0.2) is 98.3 Å². The number of aromatic nitrogens is 1. The zero-order valence-corrected chi connectivity index (χ0v) is 24.3. The van der Waals surface area contributed by atoms with E-state index in [4.69, 9.17) is 21.1 Å². The van der Waals surface area contributed by atoms with Crippen LogP contribution in [0, 0.1) is 0 Å². The van der Waals surface area contributed by atoms with Crippen molar-refractivity contribution in [1.29, 1.82) is 0 Å². The van der Waals surface area contributed by atoms with E-state index in [1.807, 2.05) is 66.7 Å². The van der Waals surface area contributed by atoms with Gasteiger partial charge in [-0.1, -0.05) is 71.5 Å². The molecule has 0 bridgehead atoms. The second kappa shape index (κ2) is 11.7. The highest BCUT2D eigenvalue weighted by molar-refractivity contribution is 9.10. The van der Waals surface area contributed by atoms with Crippen LogP contribution in [-0.2, 0) is 16.1 Å². The first-order valence-corrected chi connectivity index (χ1v) is 14.3. The Balaban J connectivity index is 1.53. The Morgan fingerprint density at radius 1 is 1.13 bits per heavy atom. The van der Waals surface area contributed by atoms with Crippen molar-refractivity contribution >= 4 is 50.9 Å². The average molecular weight is 624 g/mol. The Labute approximate surface area is 242 Å². The summed E-state index contributed by atoms with van der Waals surface area (Å²) in [4.78, 5) is 31.9. The predicted octanol–water partition coefficient (Wildman–Crippen LogP) is 5.79. The summed E-state index contributed by atoms with van der Waals surface area (Å²) in [7, 11) is 0. The molecule has 0 saturated carbocycles. The van der Waals surface area contributed by atoms with Gasteiger partial charge in [-0.05, 0) is 76.8 Å². The summed E-state index contributed by atoms with van der Waals surface area (Å²) < 4.78 is 14.1. The van der Waals surface area contributed by atoms with Crippen molar-refractivity contribution in [1.82, 2.24) is 4.57 Å². The largest absolute Gasteiger partial charge is 0.488 e. The lowest BCUT2D eigenvalue weighted by molar-refractivity contribution is -0.139. The van der Waals surface area contributed by atoms with Gasteiger partial charge in [-0.15, -0.1) is 0 Å². The number of allylic oxidation sites excluding steroid dienone is 1. The van der Waals surface area contributed by atoms with E-state index in [1.54, 1.807) is 30.5 Å². The molecule has 1 aromatic heterocycles. The number of hydrogen-bond donors (Lipinski definition) is 0. The Morgan fingerprint density at radius 3 is 2.56 bits per heavy atom. The van der Waals surface area contributed by atoms with Crippen molar-refractivity contribution in [3.8, 4) is 5.75 Å². The third-order valence-electron chi connectivity index (χ3n) is 6.19. The van der Waals surface area contributed by atoms with E-state index < -0.39 is 12.0 Å². The molecule has 0 aliphatic carbocycles. The zero-order valence-electron chi connectivity index (χ0n) is 21.2. The van der Waals surface area contributed by atoms with Crippen LogP contribution in [0.4, 0.5) is 0 Å². The highest BCUT2D eigenvalue weighted by Gasteiger charge is 2.33. The van der Waals surface area contributed by atoms with Gasteiger partial charge in [-0.25, -0.2) is 9.79 Å². The van der Waals surface area contributed by atoms with Crippen LogP contribution in [-0.4, -0.2) is 17.1 Å². The average Bonchev–Trinajstić information content (AvgIpc) is 3.22. The quantitative estimate of drug-likeness (QED) is 0.244. The topological polar surface area (TPSA) is 69.9 Å². The molecule has 1 atom stereocenters. The van der Waals surface area contributed by atoms with Crippen LogP contribution in [0.5, 0.6) is 5.75 Å². The molecule has 4 aromatic rings. The molecule has 1 unspecified atom stereocenters. The summed E-state index contributed by atoms with van der Waals surface area (Å²) in [5, 5.41) is 0.561. The van der Waals surface area contributed by atoms with Gasteiger partial charge < -0.3 is 9.47 Å². The van der Waals surface area contributed by atoms with E-state index in [2.05, 4.69) is 20.9 Å². The first kappa shape index (κ1) is 27.1. The van der Waals surface area contributed by atoms with Gasteiger partial charge in [0.05, 0.1) is 32.9 Å². The highest BCUT2D eigenvalue weighted by Crippen LogP contribution is 2.31. The number of ether oxygens (including phenoxy) is 2. The summed E-state index contributed by atoms with van der Waals surface area (Å²) >= 11 is 11.0.